The lowest BCUT2D eigenvalue weighted by Crippen LogP contribution is -2.33. The van der Waals surface area contributed by atoms with E-state index >= 15 is 0 Å². The van der Waals surface area contributed by atoms with Crippen LogP contribution < -0.4 is 10.9 Å². The molecule has 1 aliphatic rings. The van der Waals surface area contributed by atoms with E-state index in [-0.39, 0.29) is 23.3 Å². The van der Waals surface area contributed by atoms with Crippen LogP contribution in [0.4, 0.5) is 0 Å². The number of carbonyl (C=O) groups is 1. The first-order valence-electron chi connectivity index (χ1n) is 9.17. The Morgan fingerprint density at radius 2 is 2.14 bits per heavy atom. The molecule has 6 nitrogen and oxygen atoms in total. The molecule has 2 N–H and O–H groups in total. The maximum absolute atomic E-state index is 12.5. The standard InChI is InChI=1S/C19H20N4O2S3/c1-11-6-2-5-9-13(11)23-16-15(28-19(23)26)17(25)22-18(21-16)27-10-14(24)20-12-7-3-4-8-12/h2,5-6,9,12H,3-4,7-8,10H2,1H3,(H,20,24)(H,21,22,25). The summed E-state index contributed by atoms with van der Waals surface area (Å²) in [6.45, 7) is 2.00. The van der Waals surface area contributed by atoms with Crippen LogP contribution in [0.25, 0.3) is 16.0 Å². The van der Waals surface area contributed by atoms with E-state index in [4.69, 9.17) is 12.2 Å². The second kappa shape index (κ2) is 8.18. The molecule has 4 rings (SSSR count). The van der Waals surface area contributed by atoms with Crippen LogP contribution in [-0.4, -0.2) is 32.2 Å². The monoisotopic (exact) mass is 432 g/mol. The number of para-hydroxylation sites is 1. The van der Waals surface area contributed by atoms with E-state index in [2.05, 4.69) is 15.3 Å². The van der Waals surface area contributed by atoms with Crippen LogP contribution in [0.5, 0.6) is 0 Å². The number of aromatic nitrogens is 3. The van der Waals surface area contributed by atoms with Gasteiger partial charge in [0.2, 0.25) is 5.91 Å². The summed E-state index contributed by atoms with van der Waals surface area (Å²) in [5.41, 5.74) is 2.26. The smallest absolute Gasteiger partial charge is 0.271 e. The van der Waals surface area contributed by atoms with Crippen LogP contribution in [0.1, 0.15) is 31.2 Å². The third kappa shape index (κ3) is 3.92. The van der Waals surface area contributed by atoms with Crippen molar-refractivity contribution >= 4 is 51.6 Å². The number of thiazole rings is 1. The highest BCUT2D eigenvalue weighted by Crippen LogP contribution is 2.26. The normalized spacial score (nSPS) is 14.6. The number of hydrogen-bond donors (Lipinski definition) is 2. The molecule has 2 heterocycles. The molecule has 1 aliphatic carbocycles. The van der Waals surface area contributed by atoms with Crippen molar-refractivity contribution in [1.29, 1.82) is 0 Å². The highest BCUT2D eigenvalue weighted by Gasteiger charge is 2.18. The second-order valence-electron chi connectivity index (χ2n) is 6.85. The number of H-pyrrole nitrogens is 1. The molecule has 2 aromatic heterocycles. The first-order chi connectivity index (χ1) is 13.5. The molecule has 0 unspecified atom stereocenters. The fourth-order valence-corrected chi connectivity index (χ4v) is 5.39. The van der Waals surface area contributed by atoms with E-state index in [9.17, 15) is 9.59 Å². The summed E-state index contributed by atoms with van der Waals surface area (Å²) in [6, 6.07) is 8.13. The van der Waals surface area contributed by atoms with Gasteiger partial charge in [-0.15, -0.1) is 0 Å². The van der Waals surface area contributed by atoms with Crippen molar-refractivity contribution in [2.75, 3.05) is 5.75 Å². The molecule has 0 spiro atoms. The van der Waals surface area contributed by atoms with Crippen LogP contribution in [0.2, 0.25) is 0 Å². The molecular formula is C19H20N4O2S3. The van der Waals surface area contributed by atoms with Gasteiger partial charge in [-0.2, -0.15) is 0 Å². The number of nitrogens with one attached hydrogen (secondary N) is 2. The zero-order valence-electron chi connectivity index (χ0n) is 15.4. The van der Waals surface area contributed by atoms with E-state index in [1.54, 1.807) is 0 Å². The number of thioether (sulfide) groups is 1. The number of fused-ring (bicyclic) bond motifs is 1. The second-order valence-corrected chi connectivity index (χ2v) is 9.46. The SMILES string of the molecule is Cc1ccccc1-n1c(=S)sc2c(=O)[nH]c(SCC(=O)NC3CCCC3)nc21. The van der Waals surface area contributed by atoms with Crippen LogP contribution >= 0.6 is 35.3 Å². The van der Waals surface area contributed by atoms with Crippen molar-refractivity contribution in [3.63, 3.8) is 0 Å². The molecule has 1 fully saturated rings. The molecule has 0 aliphatic heterocycles. The predicted octanol–water partition coefficient (Wildman–Crippen LogP) is 3.96. The highest BCUT2D eigenvalue weighted by molar-refractivity contribution is 7.99. The minimum Gasteiger partial charge on any atom is -0.353 e. The number of nitrogens with zero attached hydrogens (tertiary/aromatic N) is 2. The van der Waals surface area contributed by atoms with E-state index in [0.717, 1.165) is 24.1 Å². The largest absolute Gasteiger partial charge is 0.353 e. The van der Waals surface area contributed by atoms with Gasteiger partial charge in [-0.3, -0.25) is 14.2 Å². The summed E-state index contributed by atoms with van der Waals surface area (Å²) in [5, 5.41) is 3.48. The van der Waals surface area contributed by atoms with Crippen LogP contribution in [-0.2, 0) is 4.79 Å². The average molecular weight is 433 g/mol. The van der Waals surface area contributed by atoms with Crippen molar-refractivity contribution in [2.45, 2.75) is 43.8 Å². The third-order valence-corrected chi connectivity index (χ3v) is 7.07. The van der Waals surface area contributed by atoms with Gasteiger partial charge in [0.1, 0.15) is 4.70 Å². The van der Waals surface area contributed by atoms with Gasteiger partial charge in [0.05, 0.1) is 11.4 Å². The maximum atomic E-state index is 12.5. The summed E-state index contributed by atoms with van der Waals surface area (Å²) < 4.78 is 2.90. The Balaban J connectivity index is 1.63. The Hall–Kier alpha value is -1.97. The van der Waals surface area contributed by atoms with Crippen molar-refractivity contribution in [3.8, 4) is 5.69 Å². The van der Waals surface area contributed by atoms with Gasteiger partial charge in [-0.1, -0.05) is 54.1 Å². The van der Waals surface area contributed by atoms with Gasteiger partial charge in [0, 0.05) is 6.04 Å². The van der Waals surface area contributed by atoms with Crippen molar-refractivity contribution in [2.24, 2.45) is 0 Å². The quantitative estimate of drug-likeness (QED) is 0.362. The molecule has 3 aromatic rings. The lowest BCUT2D eigenvalue weighted by atomic mass is 10.2. The number of aryl methyl sites for hydroxylation is 1. The fourth-order valence-electron chi connectivity index (χ4n) is 3.46. The maximum Gasteiger partial charge on any atom is 0.271 e. The minimum atomic E-state index is -0.230. The van der Waals surface area contributed by atoms with E-state index in [0.29, 0.717) is 19.5 Å². The summed E-state index contributed by atoms with van der Waals surface area (Å²) in [5.74, 6) is 0.195. The lowest BCUT2D eigenvalue weighted by molar-refractivity contribution is -0.119. The van der Waals surface area contributed by atoms with Gasteiger partial charge in [0.15, 0.2) is 14.8 Å². The Morgan fingerprint density at radius 3 is 2.89 bits per heavy atom. The summed E-state index contributed by atoms with van der Waals surface area (Å²) in [6.07, 6.45) is 4.43. The van der Waals surface area contributed by atoms with Gasteiger partial charge in [0.25, 0.3) is 5.56 Å². The van der Waals surface area contributed by atoms with Crippen LogP contribution in [0, 0.1) is 10.9 Å². The molecule has 0 radical (unpaired) electrons. The molecule has 146 valence electrons. The van der Waals surface area contributed by atoms with Crippen molar-refractivity contribution in [3.05, 3.63) is 44.1 Å². The third-order valence-electron chi connectivity index (χ3n) is 4.84. The first kappa shape index (κ1) is 19.4. The highest BCUT2D eigenvalue weighted by atomic mass is 32.2. The molecule has 9 heteroatoms. The molecule has 0 saturated heterocycles. The zero-order chi connectivity index (χ0) is 19.7. The number of carbonyl (C=O) groups excluding carboxylic acids is 1. The number of amides is 1. The van der Waals surface area contributed by atoms with Gasteiger partial charge in [-0.25, -0.2) is 4.98 Å². The van der Waals surface area contributed by atoms with E-state index in [1.165, 1.54) is 35.9 Å². The van der Waals surface area contributed by atoms with Crippen molar-refractivity contribution < 1.29 is 4.79 Å². The van der Waals surface area contributed by atoms with Gasteiger partial charge in [-0.05, 0) is 43.6 Å². The topological polar surface area (TPSA) is 79.8 Å². The van der Waals surface area contributed by atoms with Gasteiger partial charge >= 0.3 is 0 Å². The predicted molar refractivity (Wildman–Crippen MR) is 116 cm³/mol. The fraction of sp³-hybridized carbons (Fsp3) is 0.368. The molecule has 0 bridgehead atoms. The Labute approximate surface area is 175 Å². The molecule has 1 aromatic carbocycles. The minimum absolute atomic E-state index is 0.0271. The van der Waals surface area contributed by atoms with E-state index in [1.807, 2.05) is 35.8 Å². The Bertz CT molecular complexity index is 1140. The molecule has 1 saturated carbocycles. The summed E-state index contributed by atoms with van der Waals surface area (Å²) >= 11 is 7.98. The Morgan fingerprint density at radius 1 is 1.39 bits per heavy atom. The number of aromatic amines is 1. The van der Waals surface area contributed by atoms with Gasteiger partial charge < -0.3 is 10.3 Å². The number of rotatable bonds is 5. The molecule has 0 atom stereocenters. The molecule has 28 heavy (non-hydrogen) atoms. The van der Waals surface area contributed by atoms with Crippen molar-refractivity contribution in [1.82, 2.24) is 19.9 Å². The van der Waals surface area contributed by atoms with Crippen LogP contribution in [0.15, 0.2) is 34.2 Å². The molecular weight excluding hydrogens is 412 g/mol. The van der Waals surface area contributed by atoms with E-state index < -0.39 is 0 Å². The number of benzene rings is 1. The summed E-state index contributed by atoms with van der Waals surface area (Å²) in [7, 11) is 0. The zero-order valence-corrected chi connectivity index (χ0v) is 17.8. The molecule has 1 amide bonds. The Kier molecular flexibility index (Phi) is 5.65. The van der Waals surface area contributed by atoms with Crippen LogP contribution in [0.3, 0.4) is 0 Å². The first-order valence-corrected chi connectivity index (χ1v) is 11.4. The lowest BCUT2D eigenvalue weighted by Gasteiger charge is -2.11. The summed E-state index contributed by atoms with van der Waals surface area (Å²) in [4.78, 5) is 32.1. The average Bonchev–Trinajstić information content (AvgIpc) is 3.28. The number of hydrogen-bond acceptors (Lipinski definition) is 6.